The van der Waals surface area contributed by atoms with E-state index < -0.39 is 0 Å². The van der Waals surface area contributed by atoms with Crippen molar-refractivity contribution in [2.75, 3.05) is 39.0 Å². The molecule has 0 bridgehead atoms. The summed E-state index contributed by atoms with van der Waals surface area (Å²) >= 11 is 6.03. The second kappa shape index (κ2) is 5.62. The molecule has 0 aromatic heterocycles. The van der Waals surface area contributed by atoms with Gasteiger partial charge in [-0.1, -0.05) is 11.6 Å². The highest BCUT2D eigenvalue weighted by atomic mass is 35.5. The number of nitrogens with one attached hydrogen (secondary N) is 1. The number of hydrogen-bond donors (Lipinski definition) is 1. The van der Waals surface area contributed by atoms with Crippen molar-refractivity contribution in [3.8, 4) is 0 Å². The van der Waals surface area contributed by atoms with Gasteiger partial charge in [0, 0.05) is 42.9 Å². The molecule has 1 N–H and O–H groups in total. The molecular formula is C15H22ClN3O. The van der Waals surface area contributed by atoms with Crippen LogP contribution in [-0.2, 0) is 0 Å². The van der Waals surface area contributed by atoms with Crippen LogP contribution in [0.2, 0.25) is 5.02 Å². The molecule has 0 aliphatic carbocycles. The van der Waals surface area contributed by atoms with Gasteiger partial charge in [0.1, 0.15) is 0 Å². The molecule has 1 heterocycles. The van der Waals surface area contributed by atoms with Crippen molar-refractivity contribution >= 4 is 23.2 Å². The zero-order chi connectivity index (χ0) is 14.9. The van der Waals surface area contributed by atoms with Crippen LogP contribution in [0.1, 0.15) is 24.2 Å². The number of nitrogens with zero attached hydrogens (tertiary/aromatic N) is 2. The fraction of sp³-hybridized carbons (Fsp3) is 0.533. The van der Waals surface area contributed by atoms with Crippen LogP contribution >= 0.6 is 11.6 Å². The van der Waals surface area contributed by atoms with Crippen LogP contribution in [0.4, 0.5) is 5.69 Å². The van der Waals surface area contributed by atoms with Crippen LogP contribution in [0.15, 0.2) is 18.2 Å². The Morgan fingerprint density at radius 1 is 1.35 bits per heavy atom. The summed E-state index contributed by atoms with van der Waals surface area (Å²) in [6, 6.07) is 5.37. The van der Waals surface area contributed by atoms with Gasteiger partial charge < -0.3 is 10.2 Å². The smallest absolute Gasteiger partial charge is 0.256 e. The lowest BCUT2D eigenvalue weighted by Gasteiger charge is -2.45. The van der Waals surface area contributed by atoms with Gasteiger partial charge in [0.05, 0.1) is 5.56 Å². The lowest BCUT2D eigenvalue weighted by molar-refractivity contribution is 0.0312. The second-order valence-corrected chi connectivity index (χ2v) is 6.34. The van der Waals surface area contributed by atoms with Crippen LogP contribution in [0, 0.1) is 0 Å². The van der Waals surface area contributed by atoms with E-state index in [-0.39, 0.29) is 11.4 Å². The average molecular weight is 296 g/mol. The summed E-state index contributed by atoms with van der Waals surface area (Å²) < 4.78 is 0. The first-order valence-electron chi connectivity index (χ1n) is 6.83. The number of rotatable bonds is 2. The molecular weight excluding hydrogens is 274 g/mol. The van der Waals surface area contributed by atoms with E-state index in [2.05, 4.69) is 31.1 Å². The van der Waals surface area contributed by atoms with Gasteiger partial charge in [-0.3, -0.25) is 9.69 Å². The Hall–Kier alpha value is -1.26. The van der Waals surface area contributed by atoms with Gasteiger partial charge >= 0.3 is 0 Å². The summed E-state index contributed by atoms with van der Waals surface area (Å²) in [6.07, 6.45) is 0. The number of carbonyl (C=O) groups excluding carboxylic acids is 1. The van der Waals surface area contributed by atoms with E-state index in [0.717, 1.165) is 25.3 Å². The third-order valence-electron chi connectivity index (χ3n) is 4.09. The maximum absolute atomic E-state index is 12.7. The van der Waals surface area contributed by atoms with E-state index in [0.29, 0.717) is 10.6 Å². The van der Waals surface area contributed by atoms with Gasteiger partial charge in [0.25, 0.3) is 5.91 Å². The molecule has 0 saturated carbocycles. The summed E-state index contributed by atoms with van der Waals surface area (Å²) in [5.41, 5.74) is 1.45. The van der Waals surface area contributed by atoms with E-state index in [9.17, 15) is 4.79 Å². The molecule has 0 radical (unpaired) electrons. The summed E-state index contributed by atoms with van der Waals surface area (Å²) in [6.45, 7) is 6.66. The number of hydrogen-bond acceptors (Lipinski definition) is 3. The molecule has 1 aromatic rings. The van der Waals surface area contributed by atoms with E-state index >= 15 is 0 Å². The third kappa shape index (κ3) is 2.91. The molecule has 20 heavy (non-hydrogen) atoms. The van der Waals surface area contributed by atoms with E-state index in [1.165, 1.54) is 0 Å². The minimum atomic E-state index is -0.00765. The number of piperazine rings is 1. The van der Waals surface area contributed by atoms with Crippen molar-refractivity contribution in [3.05, 3.63) is 28.8 Å². The predicted octanol–water partition coefficient (Wildman–Crippen LogP) is 2.55. The van der Waals surface area contributed by atoms with Crippen LogP contribution in [-0.4, -0.2) is 55.0 Å². The lowest BCUT2D eigenvalue weighted by atomic mass is 9.99. The highest BCUT2D eigenvalue weighted by Gasteiger charge is 2.34. The highest BCUT2D eigenvalue weighted by molar-refractivity contribution is 6.31. The maximum atomic E-state index is 12.7. The van der Waals surface area contributed by atoms with Gasteiger partial charge in [0.2, 0.25) is 0 Å². The van der Waals surface area contributed by atoms with Crippen LogP contribution in [0.3, 0.4) is 0 Å². The normalized spacial score (nSPS) is 18.9. The van der Waals surface area contributed by atoms with Gasteiger partial charge in [-0.25, -0.2) is 0 Å². The summed E-state index contributed by atoms with van der Waals surface area (Å²) in [5.74, 6) is 0.0398. The van der Waals surface area contributed by atoms with Crippen molar-refractivity contribution in [2.45, 2.75) is 19.4 Å². The number of likely N-dealkylation sites (N-methyl/N-ethyl adjacent to an activating group) is 1. The van der Waals surface area contributed by atoms with Crippen molar-refractivity contribution in [1.29, 1.82) is 0 Å². The van der Waals surface area contributed by atoms with E-state index in [1.54, 1.807) is 12.1 Å². The number of benzene rings is 1. The number of carbonyl (C=O) groups is 1. The molecule has 2 rings (SSSR count). The van der Waals surface area contributed by atoms with Gasteiger partial charge in [-0.2, -0.15) is 0 Å². The second-order valence-electron chi connectivity index (χ2n) is 5.90. The molecule has 1 aliphatic rings. The molecule has 1 aliphatic heterocycles. The first-order chi connectivity index (χ1) is 9.35. The molecule has 0 unspecified atom stereocenters. The van der Waals surface area contributed by atoms with Crippen molar-refractivity contribution in [2.24, 2.45) is 0 Å². The Morgan fingerprint density at radius 2 is 2.05 bits per heavy atom. The van der Waals surface area contributed by atoms with Gasteiger partial charge in [0.15, 0.2) is 0 Å². The van der Waals surface area contributed by atoms with Crippen molar-refractivity contribution < 1.29 is 4.79 Å². The monoisotopic (exact) mass is 295 g/mol. The molecule has 0 spiro atoms. The maximum Gasteiger partial charge on any atom is 0.256 e. The fourth-order valence-electron chi connectivity index (χ4n) is 2.50. The number of halogens is 1. The minimum absolute atomic E-state index is 0.00765. The molecule has 5 heteroatoms. The van der Waals surface area contributed by atoms with E-state index in [1.807, 2.05) is 18.0 Å². The van der Waals surface area contributed by atoms with Crippen LogP contribution < -0.4 is 5.32 Å². The molecule has 1 aromatic carbocycles. The SMILES string of the molecule is CNc1ccc(Cl)cc1C(=O)N1CCN(C)C(C)(C)C1. The topological polar surface area (TPSA) is 35.6 Å². The average Bonchev–Trinajstić information content (AvgIpc) is 2.41. The Balaban J connectivity index is 2.26. The molecule has 1 fully saturated rings. The Labute approximate surface area is 125 Å². The third-order valence-corrected chi connectivity index (χ3v) is 4.32. The fourth-order valence-corrected chi connectivity index (χ4v) is 2.67. The van der Waals surface area contributed by atoms with Gasteiger partial charge in [-0.15, -0.1) is 0 Å². The Morgan fingerprint density at radius 3 is 2.65 bits per heavy atom. The standard InChI is InChI=1S/C15H22ClN3O/c1-15(2)10-19(8-7-18(15)4)14(20)12-9-11(16)5-6-13(12)17-3/h5-6,9,17H,7-8,10H2,1-4H3. The number of amides is 1. The predicted molar refractivity (Wildman–Crippen MR) is 83.6 cm³/mol. The zero-order valence-electron chi connectivity index (χ0n) is 12.5. The van der Waals surface area contributed by atoms with E-state index in [4.69, 9.17) is 11.6 Å². The summed E-state index contributed by atoms with van der Waals surface area (Å²) in [4.78, 5) is 16.9. The Kier molecular flexibility index (Phi) is 4.25. The van der Waals surface area contributed by atoms with Crippen molar-refractivity contribution in [3.63, 3.8) is 0 Å². The Bertz CT molecular complexity index is 516. The van der Waals surface area contributed by atoms with Crippen molar-refractivity contribution in [1.82, 2.24) is 9.80 Å². The first-order valence-corrected chi connectivity index (χ1v) is 7.21. The highest BCUT2D eigenvalue weighted by Crippen LogP contribution is 2.25. The zero-order valence-corrected chi connectivity index (χ0v) is 13.3. The molecule has 0 atom stereocenters. The molecule has 4 nitrogen and oxygen atoms in total. The number of anilines is 1. The quantitative estimate of drug-likeness (QED) is 0.911. The molecule has 1 amide bonds. The van der Waals surface area contributed by atoms with Gasteiger partial charge in [-0.05, 0) is 39.1 Å². The summed E-state index contributed by atoms with van der Waals surface area (Å²) in [5, 5.41) is 3.64. The largest absolute Gasteiger partial charge is 0.387 e. The minimum Gasteiger partial charge on any atom is -0.387 e. The lowest BCUT2D eigenvalue weighted by Crippen LogP contribution is -2.58. The summed E-state index contributed by atoms with van der Waals surface area (Å²) in [7, 11) is 3.91. The molecule has 110 valence electrons. The first kappa shape index (κ1) is 15.1. The molecule has 1 saturated heterocycles. The van der Waals surface area contributed by atoms with Crippen LogP contribution in [0.5, 0.6) is 0 Å². The van der Waals surface area contributed by atoms with Crippen LogP contribution in [0.25, 0.3) is 0 Å².